The van der Waals surface area contributed by atoms with Gasteiger partial charge in [-0.05, 0) is 26.0 Å². The summed E-state index contributed by atoms with van der Waals surface area (Å²) in [5.74, 6) is -0.390. The molecule has 0 aliphatic rings. The lowest BCUT2D eigenvalue weighted by atomic mass is 10.1. The van der Waals surface area contributed by atoms with Crippen molar-refractivity contribution in [3.63, 3.8) is 0 Å². The Kier molecular flexibility index (Phi) is 6.91. The second-order valence-electron chi connectivity index (χ2n) is 5.75. The first-order valence-corrected chi connectivity index (χ1v) is 8.98. The number of hydrogen-bond donors (Lipinski definition) is 0. The summed E-state index contributed by atoms with van der Waals surface area (Å²) in [6, 6.07) is 12.2. The number of nitro benzene ring substituents is 1. The van der Waals surface area contributed by atoms with Crippen molar-refractivity contribution in [2.75, 3.05) is 12.4 Å². The van der Waals surface area contributed by atoms with Gasteiger partial charge in [0.15, 0.2) is 6.61 Å². The van der Waals surface area contributed by atoms with Gasteiger partial charge in [0.1, 0.15) is 0 Å². The molecule has 0 unspecified atom stereocenters. The number of aryl methyl sites for hydroxylation is 2. The standard InChI is InChI=1S/C19H19NO5S/c1-13-3-7-16(8-4-13)26-10-9-19(22)25-12-18(21)15-6-5-14(2)17(11-15)20(23)24/h3-8,11H,9-10,12H2,1-2H3. The molecular formula is C19H19NO5S. The van der Waals surface area contributed by atoms with E-state index in [2.05, 4.69) is 0 Å². The fourth-order valence-corrected chi connectivity index (χ4v) is 3.00. The fourth-order valence-electron chi connectivity index (χ4n) is 2.17. The third-order valence-corrected chi connectivity index (χ3v) is 4.70. The van der Waals surface area contributed by atoms with Crippen LogP contribution in [0.5, 0.6) is 0 Å². The monoisotopic (exact) mass is 373 g/mol. The van der Waals surface area contributed by atoms with Crippen LogP contribution in [0.15, 0.2) is 47.4 Å². The van der Waals surface area contributed by atoms with Crippen LogP contribution in [-0.4, -0.2) is 29.0 Å². The number of nitro groups is 1. The zero-order valence-electron chi connectivity index (χ0n) is 14.6. The highest BCUT2D eigenvalue weighted by atomic mass is 32.2. The van der Waals surface area contributed by atoms with Crippen molar-refractivity contribution in [2.24, 2.45) is 0 Å². The maximum Gasteiger partial charge on any atom is 0.307 e. The summed E-state index contributed by atoms with van der Waals surface area (Å²) in [6.45, 7) is 3.18. The highest BCUT2D eigenvalue weighted by Gasteiger charge is 2.16. The molecule has 0 spiro atoms. The Morgan fingerprint density at radius 3 is 2.46 bits per heavy atom. The van der Waals surface area contributed by atoms with Crippen molar-refractivity contribution in [3.05, 3.63) is 69.3 Å². The molecule has 0 saturated carbocycles. The summed E-state index contributed by atoms with van der Waals surface area (Å²) < 4.78 is 4.97. The molecule has 6 nitrogen and oxygen atoms in total. The minimum atomic E-state index is -0.541. The predicted molar refractivity (Wildman–Crippen MR) is 99.6 cm³/mol. The number of nitrogens with zero attached hydrogens (tertiary/aromatic N) is 1. The van der Waals surface area contributed by atoms with Gasteiger partial charge in [-0.15, -0.1) is 11.8 Å². The third kappa shape index (κ3) is 5.70. The first-order chi connectivity index (χ1) is 12.4. The number of ketones is 1. The van der Waals surface area contributed by atoms with E-state index in [1.807, 2.05) is 31.2 Å². The van der Waals surface area contributed by atoms with Gasteiger partial charge < -0.3 is 4.74 Å². The van der Waals surface area contributed by atoms with Gasteiger partial charge in [-0.3, -0.25) is 19.7 Å². The number of hydrogen-bond acceptors (Lipinski definition) is 6. The number of esters is 1. The lowest BCUT2D eigenvalue weighted by molar-refractivity contribution is -0.385. The molecule has 0 N–H and O–H groups in total. The molecule has 7 heteroatoms. The molecule has 26 heavy (non-hydrogen) atoms. The van der Waals surface area contributed by atoms with Gasteiger partial charge >= 0.3 is 5.97 Å². The number of thioether (sulfide) groups is 1. The summed E-state index contributed by atoms with van der Waals surface area (Å²) in [6.07, 6.45) is 0.180. The summed E-state index contributed by atoms with van der Waals surface area (Å²) >= 11 is 1.53. The van der Waals surface area contributed by atoms with Crippen molar-refractivity contribution in [1.82, 2.24) is 0 Å². The SMILES string of the molecule is Cc1ccc(SCCC(=O)OCC(=O)c2ccc(C)c([N+](=O)[O-])c2)cc1. The third-order valence-electron chi connectivity index (χ3n) is 3.69. The topological polar surface area (TPSA) is 86.5 Å². The van der Waals surface area contributed by atoms with E-state index in [4.69, 9.17) is 4.74 Å². The maximum atomic E-state index is 12.1. The van der Waals surface area contributed by atoms with Gasteiger partial charge in [0.2, 0.25) is 5.78 Å². The Balaban J connectivity index is 1.79. The molecule has 2 rings (SSSR count). The van der Waals surface area contributed by atoms with Crippen molar-refractivity contribution in [3.8, 4) is 0 Å². The largest absolute Gasteiger partial charge is 0.457 e. The first-order valence-electron chi connectivity index (χ1n) is 8.00. The van der Waals surface area contributed by atoms with Crippen LogP contribution in [0.1, 0.15) is 27.9 Å². The van der Waals surface area contributed by atoms with Gasteiger partial charge in [0.05, 0.1) is 11.3 Å². The molecule has 136 valence electrons. The molecule has 0 heterocycles. The minimum absolute atomic E-state index is 0.128. The average Bonchev–Trinajstić information content (AvgIpc) is 2.61. The number of ether oxygens (including phenoxy) is 1. The van der Waals surface area contributed by atoms with Crippen LogP contribution in [-0.2, 0) is 9.53 Å². The molecule has 0 aliphatic heterocycles. The van der Waals surface area contributed by atoms with Gasteiger partial charge in [-0.1, -0.05) is 29.8 Å². The quantitative estimate of drug-likeness (QED) is 0.227. The molecule has 0 fully saturated rings. The van der Waals surface area contributed by atoms with Gasteiger partial charge in [-0.25, -0.2) is 0 Å². The summed E-state index contributed by atoms with van der Waals surface area (Å²) in [4.78, 5) is 35.3. The van der Waals surface area contributed by atoms with Crippen LogP contribution in [0.2, 0.25) is 0 Å². The highest BCUT2D eigenvalue weighted by molar-refractivity contribution is 7.99. The Bertz CT molecular complexity index is 817. The van der Waals surface area contributed by atoms with Crippen molar-refractivity contribution in [1.29, 1.82) is 0 Å². The van der Waals surface area contributed by atoms with E-state index in [-0.39, 0.29) is 17.7 Å². The molecule has 0 atom stereocenters. The molecule has 2 aromatic rings. The van der Waals surface area contributed by atoms with Crippen molar-refractivity contribution in [2.45, 2.75) is 25.2 Å². The van der Waals surface area contributed by atoms with E-state index in [0.29, 0.717) is 11.3 Å². The number of benzene rings is 2. The van der Waals surface area contributed by atoms with E-state index >= 15 is 0 Å². The van der Waals surface area contributed by atoms with Gasteiger partial charge in [0.25, 0.3) is 5.69 Å². The van der Waals surface area contributed by atoms with E-state index in [1.165, 1.54) is 35.5 Å². The van der Waals surface area contributed by atoms with E-state index in [9.17, 15) is 19.7 Å². The number of rotatable bonds is 8. The Labute approximate surface area is 155 Å². The second-order valence-corrected chi connectivity index (χ2v) is 6.92. The van der Waals surface area contributed by atoms with Crippen LogP contribution < -0.4 is 0 Å². The molecule has 0 bridgehead atoms. The molecule has 0 aliphatic carbocycles. The Hall–Kier alpha value is -2.67. The zero-order valence-corrected chi connectivity index (χ0v) is 15.4. The molecule has 0 radical (unpaired) electrons. The Morgan fingerprint density at radius 2 is 1.81 bits per heavy atom. The van der Waals surface area contributed by atoms with Gasteiger partial charge in [0, 0.05) is 27.8 Å². The molecule has 0 aromatic heterocycles. The number of carbonyl (C=O) groups excluding carboxylic acids is 2. The fraction of sp³-hybridized carbons (Fsp3) is 0.263. The predicted octanol–water partition coefficient (Wildman–Crippen LogP) is 4.12. The van der Waals surface area contributed by atoms with E-state index < -0.39 is 23.3 Å². The molecule has 2 aromatic carbocycles. The highest BCUT2D eigenvalue weighted by Crippen LogP contribution is 2.20. The summed E-state index contributed by atoms with van der Waals surface area (Å²) in [5.41, 5.74) is 1.67. The van der Waals surface area contributed by atoms with Crippen LogP contribution >= 0.6 is 11.8 Å². The second kappa shape index (κ2) is 9.15. The first kappa shape index (κ1) is 19.7. The molecular weight excluding hydrogens is 354 g/mol. The normalized spacial score (nSPS) is 10.4. The zero-order chi connectivity index (χ0) is 19.1. The van der Waals surface area contributed by atoms with E-state index in [1.54, 1.807) is 6.92 Å². The smallest absolute Gasteiger partial charge is 0.307 e. The van der Waals surface area contributed by atoms with Crippen LogP contribution in [0.4, 0.5) is 5.69 Å². The van der Waals surface area contributed by atoms with Crippen molar-refractivity contribution < 1.29 is 19.2 Å². The number of carbonyl (C=O) groups is 2. The average molecular weight is 373 g/mol. The van der Waals surface area contributed by atoms with Crippen molar-refractivity contribution >= 4 is 29.2 Å². The summed E-state index contributed by atoms with van der Waals surface area (Å²) in [7, 11) is 0. The van der Waals surface area contributed by atoms with Crippen LogP contribution in [0.25, 0.3) is 0 Å². The van der Waals surface area contributed by atoms with E-state index in [0.717, 1.165) is 4.90 Å². The lowest BCUT2D eigenvalue weighted by Crippen LogP contribution is -2.14. The van der Waals surface area contributed by atoms with Crippen LogP contribution in [0.3, 0.4) is 0 Å². The van der Waals surface area contributed by atoms with Gasteiger partial charge in [-0.2, -0.15) is 0 Å². The molecule has 0 saturated heterocycles. The molecule has 0 amide bonds. The van der Waals surface area contributed by atoms with Crippen LogP contribution in [0, 0.1) is 24.0 Å². The minimum Gasteiger partial charge on any atom is -0.457 e. The summed E-state index contributed by atoms with van der Waals surface area (Å²) in [5, 5.41) is 10.9. The Morgan fingerprint density at radius 1 is 1.12 bits per heavy atom. The maximum absolute atomic E-state index is 12.1. The number of Topliss-reactive ketones (excluding diaryl/α,β-unsaturated/α-hetero) is 1. The lowest BCUT2D eigenvalue weighted by Gasteiger charge is -2.06.